The summed E-state index contributed by atoms with van der Waals surface area (Å²) >= 11 is 0. The first-order valence-corrected chi connectivity index (χ1v) is 13.5. The van der Waals surface area contributed by atoms with Crippen molar-refractivity contribution in [1.82, 2.24) is 19.4 Å². The van der Waals surface area contributed by atoms with E-state index in [4.69, 9.17) is 0 Å². The Kier molecular flexibility index (Phi) is 6.79. The van der Waals surface area contributed by atoms with E-state index in [1.165, 1.54) is 0 Å². The van der Waals surface area contributed by atoms with Gasteiger partial charge in [-0.1, -0.05) is 36.8 Å². The van der Waals surface area contributed by atoms with Crippen LogP contribution in [0.15, 0.2) is 71.6 Å². The highest BCUT2D eigenvalue weighted by molar-refractivity contribution is 7.89. The summed E-state index contributed by atoms with van der Waals surface area (Å²) < 4.78 is 27.3. The van der Waals surface area contributed by atoms with Gasteiger partial charge in [0.25, 0.3) is 5.91 Å². The number of sulfonamides is 1. The van der Waals surface area contributed by atoms with Crippen molar-refractivity contribution in [3.8, 4) is 11.3 Å². The number of carbonyl (C=O) groups is 1. The van der Waals surface area contributed by atoms with Crippen LogP contribution in [0.5, 0.6) is 0 Å². The predicted molar refractivity (Wildman–Crippen MR) is 135 cm³/mol. The molecule has 0 aliphatic carbocycles. The number of rotatable bonds is 5. The van der Waals surface area contributed by atoms with E-state index >= 15 is 0 Å². The lowest BCUT2D eigenvalue weighted by molar-refractivity contribution is 0.0746. The van der Waals surface area contributed by atoms with Crippen LogP contribution in [0.1, 0.15) is 29.6 Å². The standard InChI is InChI=1S/C26H29N5O3S/c32-26(22-9-11-23(12-10-22)35(33,34)31-15-5-2-6-16-31)30-19-17-29(18-20-30)25-14-13-24(27-28-25)21-7-3-1-4-8-21/h1,3-4,7-14H,2,5-6,15-20H2. The van der Waals surface area contributed by atoms with E-state index in [-0.39, 0.29) is 10.8 Å². The lowest BCUT2D eigenvalue weighted by atomic mass is 10.1. The molecule has 0 N–H and O–H groups in total. The second-order valence-electron chi connectivity index (χ2n) is 8.91. The van der Waals surface area contributed by atoms with Gasteiger partial charge in [-0.3, -0.25) is 4.79 Å². The van der Waals surface area contributed by atoms with E-state index in [2.05, 4.69) is 15.1 Å². The van der Waals surface area contributed by atoms with Gasteiger partial charge in [0.1, 0.15) is 0 Å². The van der Waals surface area contributed by atoms with Crippen LogP contribution in [0.2, 0.25) is 0 Å². The summed E-state index contributed by atoms with van der Waals surface area (Å²) in [6, 6.07) is 20.2. The van der Waals surface area contributed by atoms with E-state index < -0.39 is 10.0 Å². The summed E-state index contributed by atoms with van der Waals surface area (Å²) in [6.45, 7) is 3.57. The van der Waals surface area contributed by atoms with Crippen molar-refractivity contribution in [2.75, 3.05) is 44.2 Å². The zero-order chi connectivity index (χ0) is 24.3. The van der Waals surface area contributed by atoms with Crippen LogP contribution in [0, 0.1) is 0 Å². The summed E-state index contributed by atoms with van der Waals surface area (Å²) in [4.78, 5) is 17.2. The normalized spacial score (nSPS) is 17.4. The predicted octanol–water partition coefficient (Wildman–Crippen LogP) is 3.28. The third kappa shape index (κ3) is 5.06. The first kappa shape index (κ1) is 23.4. The Morgan fingerprint density at radius 2 is 1.40 bits per heavy atom. The van der Waals surface area contributed by atoms with Crippen LogP contribution in [0.25, 0.3) is 11.3 Å². The molecule has 2 aliphatic heterocycles. The number of hydrogen-bond donors (Lipinski definition) is 0. The van der Waals surface area contributed by atoms with Gasteiger partial charge in [0, 0.05) is 50.4 Å². The Balaban J connectivity index is 1.19. The van der Waals surface area contributed by atoms with Crippen molar-refractivity contribution in [2.45, 2.75) is 24.2 Å². The topological polar surface area (TPSA) is 86.7 Å². The van der Waals surface area contributed by atoms with Crippen molar-refractivity contribution in [2.24, 2.45) is 0 Å². The molecular weight excluding hydrogens is 462 g/mol. The van der Waals surface area contributed by atoms with Gasteiger partial charge < -0.3 is 9.80 Å². The molecule has 2 saturated heterocycles. The highest BCUT2D eigenvalue weighted by Crippen LogP contribution is 2.22. The third-order valence-electron chi connectivity index (χ3n) is 6.66. The minimum absolute atomic E-state index is 0.0860. The van der Waals surface area contributed by atoms with Gasteiger partial charge in [0.05, 0.1) is 10.6 Å². The van der Waals surface area contributed by atoms with E-state index in [1.807, 2.05) is 42.5 Å². The maximum Gasteiger partial charge on any atom is 0.253 e. The van der Waals surface area contributed by atoms with Gasteiger partial charge in [-0.05, 0) is 49.2 Å². The molecule has 0 radical (unpaired) electrons. The number of hydrogen-bond acceptors (Lipinski definition) is 6. The van der Waals surface area contributed by atoms with Crippen LogP contribution in [0.4, 0.5) is 5.82 Å². The van der Waals surface area contributed by atoms with Gasteiger partial charge >= 0.3 is 0 Å². The zero-order valence-electron chi connectivity index (χ0n) is 19.6. The Hall–Kier alpha value is -3.30. The van der Waals surface area contributed by atoms with Crippen molar-refractivity contribution in [3.05, 3.63) is 72.3 Å². The molecule has 0 atom stereocenters. The molecule has 3 aromatic rings. The largest absolute Gasteiger partial charge is 0.352 e. The molecule has 0 bridgehead atoms. The zero-order valence-corrected chi connectivity index (χ0v) is 20.4. The van der Waals surface area contributed by atoms with Crippen LogP contribution >= 0.6 is 0 Å². The molecule has 35 heavy (non-hydrogen) atoms. The van der Waals surface area contributed by atoms with Crippen LogP contribution in [-0.4, -0.2) is 73.0 Å². The fraction of sp³-hybridized carbons (Fsp3) is 0.346. The number of piperidine rings is 1. The average molecular weight is 492 g/mol. The second-order valence-corrected chi connectivity index (χ2v) is 10.8. The van der Waals surface area contributed by atoms with Crippen LogP contribution < -0.4 is 4.90 Å². The molecule has 0 saturated carbocycles. The first-order chi connectivity index (χ1) is 17.0. The minimum atomic E-state index is -3.50. The van der Waals surface area contributed by atoms with Crippen LogP contribution in [-0.2, 0) is 10.0 Å². The fourth-order valence-corrected chi connectivity index (χ4v) is 6.12. The number of aromatic nitrogens is 2. The third-order valence-corrected chi connectivity index (χ3v) is 8.58. The molecule has 1 amide bonds. The van der Waals surface area contributed by atoms with Gasteiger partial charge in [0.15, 0.2) is 5.82 Å². The Bertz CT molecular complexity index is 1250. The van der Waals surface area contributed by atoms with Crippen molar-refractivity contribution >= 4 is 21.7 Å². The van der Waals surface area contributed by atoms with E-state index in [9.17, 15) is 13.2 Å². The second kappa shape index (κ2) is 10.1. The highest BCUT2D eigenvalue weighted by atomic mass is 32.2. The van der Waals surface area contributed by atoms with Gasteiger partial charge in [-0.15, -0.1) is 10.2 Å². The number of carbonyl (C=O) groups excluding carboxylic acids is 1. The fourth-order valence-electron chi connectivity index (χ4n) is 4.60. The molecule has 2 aliphatic rings. The summed E-state index contributed by atoms with van der Waals surface area (Å²) in [5.41, 5.74) is 2.36. The first-order valence-electron chi connectivity index (χ1n) is 12.1. The molecular formula is C26H29N5O3S. The summed E-state index contributed by atoms with van der Waals surface area (Å²) in [6.07, 6.45) is 2.85. The molecule has 2 aromatic carbocycles. The SMILES string of the molecule is O=C(c1ccc(S(=O)(=O)N2CCCCC2)cc1)N1CCN(c2ccc(-c3ccccc3)nn2)CC1. The van der Waals surface area contributed by atoms with Crippen LogP contribution in [0.3, 0.4) is 0 Å². The smallest absolute Gasteiger partial charge is 0.253 e. The number of amides is 1. The molecule has 0 spiro atoms. The number of anilines is 1. The molecule has 0 unspecified atom stereocenters. The van der Waals surface area contributed by atoms with Crippen molar-refractivity contribution < 1.29 is 13.2 Å². The molecule has 9 heteroatoms. The lowest BCUT2D eigenvalue weighted by Crippen LogP contribution is -2.49. The average Bonchev–Trinajstić information content (AvgIpc) is 2.94. The summed E-state index contributed by atoms with van der Waals surface area (Å²) in [5, 5.41) is 8.75. The maximum atomic E-state index is 13.0. The molecule has 3 heterocycles. The highest BCUT2D eigenvalue weighted by Gasteiger charge is 2.27. The maximum absolute atomic E-state index is 13.0. The number of benzene rings is 2. The number of piperazine rings is 1. The van der Waals surface area contributed by atoms with Crippen molar-refractivity contribution in [1.29, 1.82) is 0 Å². The molecule has 1 aromatic heterocycles. The van der Waals surface area contributed by atoms with Gasteiger partial charge in [-0.2, -0.15) is 4.31 Å². The molecule has 5 rings (SSSR count). The Labute approximate surface area is 206 Å². The Morgan fingerprint density at radius 1 is 0.714 bits per heavy atom. The molecule has 182 valence electrons. The minimum Gasteiger partial charge on any atom is -0.352 e. The molecule has 2 fully saturated rings. The van der Waals surface area contributed by atoms with E-state index in [1.54, 1.807) is 33.5 Å². The monoisotopic (exact) mass is 491 g/mol. The van der Waals surface area contributed by atoms with Crippen molar-refractivity contribution in [3.63, 3.8) is 0 Å². The lowest BCUT2D eigenvalue weighted by Gasteiger charge is -2.35. The van der Waals surface area contributed by atoms with E-state index in [0.29, 0.717) is 44.8 Å². The Morgan fingerprint density at radius 3 is 2.03 bits per heavy atom. The summed E-state index contributed by atoms with van der Waals surface area (Å²) in [5.74, 6) is 0.709. The van der Waals surface area contributed by atoms with Gasteiger partial charge in [-0.25, -0.2) is 8.42 Å². The number of nitrogens with zero attached hydrogens (tertiary/aromatic N) is 5. The van der Waals surface area contributed by atoms with Gasteiger partial charge in [0.2, 0.25) is 10.0 Å². The quantitative estimate of drug-likeness (QED) is 0.545. The van der Waals surface area contributed by atoms with E-state index in [0.717, 1.165) is 36.3 Å². The summed E-state index contributed by atoms with van der Waals surface area (Å²) in [7, 11) is -3.50. The molecule has 8 nitrogen and oxygen atoms in total.